The van der Waals surface area contributed by atoms with Crippen molar-refractivity contribution in [3.8, 4) is 46.5 Å². The molecule has 0 saturated heterocycles. The molecule has 0 aliphatic heterocycles. The molecule has 0 heterocycles. The number of hydrogen-bond donors (Lipinski definition) is 0. The maximum atomic E-state index is 14.2. The van der Waals surface area contributed by atoms with Gasteiger partial charge in [-0.25, -0.2) is 9.69 Å². The average molecular weight is 777 g/mol. The molecule has 0 amide bonds. The fraction of sp³-hybridized carbons (Fsp3) is 0.0952. The zero-order valence-electron chi connectivity index (χ0n) is 28.7. The van der Waals surface area contributed by atoms with Gasteiger partial charge >= 0.3 is 18.5 Å². The highest BCUT2D eigenvalue weighted by molar-refractivity contribution is 5.87. The molecule has 5 rings (SSSR count). The third kappa shape index (κ3) is 8.45. The van der Waals surface area contributed by atoms with Crippen molar-refractivity contribution in [2.45, 2.75) is 25.5 Å². The van der Waals surface area contributed by atoms with Gasteiger partial charge in [-0.15, -0.1) is 0 Å². The lowest BCUT2D eigenvalue weighted by Gasteiger charge is -2.18. The van der Waals surface area contributed by atoms with Gasteiger partial charge in [-0.1, -0.05) is 12.1 Å². The first-order chi connectivity index (χ1) is 26.7. The molecule has 15 heteroatoms. The first-order valence-corrected chi connectivity index (χ1v) is 15.8. The molecule has 6 nitrogen and oxygen atoms in total. The molecule has 278 valence electrons. The van der Waals surface area contributed by atoms with Crippen LogP contribution in [0, 0.1) is 65.4 Å². The van der Waals surface area contributed by atoms with Gasteiger partial charge in [0.2, 0.25) is 5.70 Å². The summed E-state index contributed by atoms with van der Waals surface area (Å²) in [5.41, 5.74) is -8.48. The molecule has 0 aliphatic carbocycles. The van der Waals surface area contributed by atoms with E-state index < -0.39 is 62.8 Å². The van der Waals surface area contributed by atoms with Crippen molar-refractivity contribution in [3.05, 3.63) is 168 Å². The van der Waals surface area contributed by atoms with Crippen molar-refractivity contribution >= 4 is 17.0 Å². The molecule has 57 heavy (non-hydrogen) atoms. The first kappa shape index (κ1) is 40.3. The number of nitrogens with zero attached hydrogens (tertiary/aromatic N) is 6. The smallest absolute Gasteiger partial charge is 0.238 e. The molecular formula is C42H17F9N6. The zero-order chi connectivity index (χ0) is 42.0. The van der Waals surface area contributed by atoms with Gasteiger partial charge in [-0.05, 0) is 124 Å². The van der Waals surface area contributed by atoms with Gasteiger partial charge in [0.25, 0.3) is 0 Å². The Bertz CT molecular complexity index is 2800. The summed E-state index contributed by atoms with van der Waals surface area (Å²) < 4.78 is 128. The second kappa shape index (κ2) is 15.1. The van der Waals surface area contributed by atoms with Crippen LogP contribution in [0.25, 0.3) is 43.2 Å². The van der Waals surface area contributed by atoms with Crippen molar-refractivity contribution in [1.82, 2.24) is 0 Å². The summed E-state index contributed by atoms with van der Waals surface area (Å²) in [4.78, 5) is 6.79. The lowest BCUT2D eigenvalue weighted by atomic mass is 9.88. The minimum Gasteiger partial charge on any atom is -0.238 e. The molecule has 0 fully saturated rings. The third-order valence-electron chi connectivity index (χ3n) is 8.45. The lowest BCUT2D eigenvalue weighted by molar-refractivity contribution is -0.143. The van der Waals surface area contributed by atoms with Gasteiger partial charge < -0.3 is 0 Å². The maximum absolute atomic E-state index is 14.2. The SMILES string of the molecule is [C-]#[N+]/C(c1cc(C#N)cc(C#N)c1)=c1/cc(-c2cc(C(F)(F)F)cc(C(F)(F)F)c2)/c(=C(\C#N)c2cc(C#N)cc([N+]#[C-])c2)cc1-c1cc(C)cc(C(F)(F)F)c1. The van der Waals surface area contributed by atoms with E-state index in [1.807, 2.05) is 18.2 Å². The van der Waals surface area contributed by atoms with Crippen molar-refractivity contribution < 1.29 is 39.5 Å². The van der Waals surface area contributed by atoms with E-state index in [1.54, 1.807) is 6.07 Å². The highest BCUT2D eigenvalue weighted by Gasteiger charge is 2.37. The number of rotatable bonds is 4. The number of hydrogen-bond acceptors (Lipinski definition) is 4. The van der Waals surface area contributed by atoms with Crippen LogP contribution in [0.15, 0.2) is 84.9 Å². The summed E-state index contributed by atoms with van der Waals surface area (Å²) in [5.74, 6) is 0. The van der Waals surface area contributed by atoms with Gasteiger partial charge in [-0.2, -0.15) is 60.6 Å². The standard InChI is InChI=1S/C42H17F9N6/c1-22-4-26(11-30(5-22)40(43,44)45)35-16-36(38(21-55)27-7-25(20-54)10-33(14-27)56-2)34(28-12-31(41(46,47)48)15-32(13-28)42(49,50)51)17-37(35)39(57-3)29-8-23(18-52)6-24(9-29)19-53/h4-17H,1H3/b38-36+,39-37-. The Balaban J connectivity index is 2.19. The van der Waals surface area contributed by atoms with Crippen LogP contribution in [0.4, 0.5) is 45.2 Å². The topological polar surface area (TPSA) is 104 Å². The summed E-state index contributed by atoms with van der Waals surface area (Å²) in [6.45, 7) is 17.0. The van der Waals surface area contributed by atoms with E-state index >= 15 is 0 Å². The van der Waals surface area contributed by atoms with E-state index in [0.29, 0.717) is 18.2 Å². The highest BCUT2D eigenvalue weighted by Crippen LogP contribution is 2.39. The fourth-order valence-corrected chi connectivity index (χ4v) is 6.03. The first-order valence-electron chi connectivity index (χ1n) is 15.8. The number of nitriles is 4. The molecule has 0 radical (unpaired) electrons. The minimum atomic E-state index is -5.35. The Morgan fingerprint density at radius 1 is 0.526 bits per heavy atom. The van der Waals surface area contributed by atoms with Crippen LogP contribution < -0.4 is 10.4 Å². The monoisotopic (exact) mass is 776 g/mol. The van der Waals surface area contributed by atoms with E-state index in [-0.39, 0.29) is 61.5 Å². The van der Waals surface area contributed by atoms with Crippen LogP contribution in [0.5, 0.6) is 0 Å². The number of aryl methyl sites for hydroxylation is 1. The van der Waals surface area contributed by atoms with Crippen LogP contribution in [0.1, 0.15) is 50.1 Å². The maximum Gasteiger partial charge on any atom is 0.416 e. The summed E-state index contributed by atoms with van der Waals surface area (Å²) >= 11 is 0. The zero-order valence-corrected chi connectivity index (χ0v) is 28.7. The van der Waals surface area contributed by atoms with E-state index in [9.17, 15) is 60.6 Å². The second-order valence-corrected chi connectivity index (χ2v) is 12.3. The molecule has 5 aromatic carbocycles. The molecule has 0 bridgehead atoms. The normalized spacial score (nSPS) is 12.5. The van der Waals surface area contributed by atoms with E-state index in [4.69, 9.17) is 13.1 Å². The molecular weight excluding hydrogens is 759 g/mol. The molecule has 0 spiro atoms. The van der Waals surface area contributed by atoms with Crippen molar-refractivity contribution in [3.63, 3.8) is 0 Å². The molecule has 0 aromatic heterocycles. The summed E-state index contributed by atoms with van der Waals surface area (Å²) in [7, 11) is 0. The van der Waals surface area contributed by atoms with Crippen molar-refractivity contribution in [2.75, 3.05) is 0 Å². The van der Waals surface area contributed by atoms with Crippen LogP contribution in [-0.4, -0.2) is 0 Å². The van der Waals surface area contributed by atoms with Crippen LogP contribution in [0.2, 0.25) is 0 Å². The third-order valence-corrected chi connectivity index (χ3v) is 8.45. The van der Waals surface area contributed by atoms with Gasteiger partial charge in [0.1, 0.15) is 6.07 Å². The van der Waals surface area contributed by atoms with Gasteiger partial charge in [0.15, 0.2) is 5.69 Å². The van der Waals surface area contributed by atoms with Crippen LogP contribution in [0.3, 0.4) is 0 Å². The predicted octanol–water partition coefficient (Wildman–Crippen LogP) is 10.3. The summed E-state index contributed by atoms with van der Waals surface area (Å²) in [6.07, 6.45) is -15.6. The second-order valence-electron chi connectivity index (χ2n) is 12.3. The van der Waals surface area contributed by atoms with Crippen molar-refractivity contribution in [1.29, 1.82) is 21.0 Å². The largest absolute Gasteiger partial charge is 0.416 e. The number of halogens is 9. The Morgan fingerprint density at radius 3 is 1.46 bits per heavy atom. The Kier molecular flexibility index (Phi) is 10.7. The molecule has 0 unspecified atom stereocenters. The van der Waals surface area contributed by atoms with E-state index in [1.165, 1.54) is 19.1 Å². The lowest BCUT2D eigenvalue weighted by Crippen LogP contribution is -2.21. The van der Waals surface area contributed by atoms with Crippen LogP contribution >= 0.6 is 0 Å². The predicted molar refractivity (Wildman–Crippen MR) is 187 cm³/mol. The number of alkyl halides is 9. The van der Waals surface area contributed by atoms with Crippen LogP contribution in [-0.2, 0) is 18.5 Å². The minimum absolute atomic E-state index is 0.0413. The Morgan fingerprint density at radius 2 is 0.982 bits per heavy atom. The molecule has 0 N–H and O–H groups in total. The van der Waals surface area contributed by atoms with E-state index in [0.717, 1.165) is 48.5 Å². The quantitative estimate of drug-likeness (QED) is 0.134. The summed E-state index contributed by atoms with van der Waals surface area (Å²) in [5, 5.41) is 38.7. The van der Waals surface area contributed by atoms with Gasteiger partial charge in [0, 0.05) is 10.8 Å². The molecule has 0 saturated carbocycles. The van der Waals surface area contributed by atoms with Gasteiger partial charge in [-0.3, -0.25) is 0 Å². The molecule has 5 aromatic rings. The number of benzene rings is 5. The van der Waals surface area contributed by atoms with Crippen molar-refractivity contribution in [2.24, 2.45) is 0 Å². The van der Waals surface area contributed by atoms with Gasteiger partial charge in [0.05, 0.1) is 64.7 Å². The Labute approximate surface area is 317 Å². The fourth-order valence-electron chi connectivity index (χ4n) is 6.03. The molecule has 0 aliphatic rings. The summed E-state index contributed by atoms with van der Waals surface area (Å²) in [6, 6.07) is 19.4. The molecule has 0 atom stereocenters. The van der Waals surface area contributed by atoms with E-state index in [2.05, 4.69) is 9.69 Å². The average Bonchev–Trinajstić information content (AvgIpc) is 3.16. The Hall–Kier alpha value is -7.85. The highest BCUT2D eigenvalue weighted by atomic mass is 19.4.